The number of carboxylic acid groups (broad SMARTS) is 1. The Balaban J connectivity index is 2.79. The van der Waals surface area contributed by atoms with Crippen LogP contribution in [0.1, 0.15) is 16.1 Å². The number of carbonyl (C=O) groups is 1. The van der Waals surface area contributed by atoms with Gasteiger partial charge in [-0.25, -0.2) is 4.79 Å². The highest BCUT2D eigenvalue weighted by atomic mass is 16.4. The van der Waals surface area contributed by atoms with Crippen molar-refractivity contribution in [2.45, 2.75) is 6.42 Å². The Labute approximate surface area is 83.2 Å². The molecular weight excluding hydrogens is 180 g/mol. The van der Waals surface area contributed by atoms with Crippen LogP contribution in [0, 0.1) is 0 Å². The molecule has 14 heavy (non-hydrogen) atoms. The molecule has 0 spiro atoms. The predicted octanol–water partition coefficient (Wildman–Crippen LogP) is 0.884. The van der Waals surface area contributed by atoms with Crippen molar-refractivity contribution in [1.29, 1.82) is 0 Å². The number of aromatic carboxylic acids is 1. The summed E-state index contributed by atoms with van der Waals surface area (Å²) in [4.78, 5) is 16.9. The quantitative estimate of drug-likeness (QED) is 0.773. The van der Waals surface area contributed by atoms with E-state index in [0.29, 0.717) is 17.7 Å². The summed E-state index contributed by atoms with van der Waals surface area (Å²) in [5.74, 6) is -0.910. The van der Waals surface area contributed by atoms with Crippen molar-refractivity contribution in [3.63, 3.8) is 0 Å². The van der Waals surface area contributed by atoms with Gasteiger partial charge in [0, 0.05) is 19.2 Å². The SMILES string of the molecule is CN(C)CCc1ncccc1C(=O)O. The molecule has 0 aliphatic heterocycles. The highest BCUT2D eigenvalue weighted by Crippen LogP contribution is 2.06. The van der Waals surface area contributed by atoms with Gasteiger partial charge in [-0.1, -0.05) is 0 Å². The van der Waals surface area contributed by atoms with Gasteiger partial charge in [0.15, 0.2) is 0 Å². The molecule has 0 saturated carbocycles. The maximum atomic E-state index is 10.8. The molecule has 0 saturated heterocycles. The normalized spacial score (nSPS) is 10.5. The van der Waals surface area contributed by atoms with E-state index in [9.17, 15) is 4.79 Å². The van der Waals surface area contributed by atoms with Crippen LogP contribution in [-0.4, -0.2) is 41.6 Å². The molecule has 1 aromatic heterocycles. The molecule has 0 radical (unpaired) electrons. The highest BCUT2D eigenvalue weighted by Gasteiger charge is 2.09. The van der Waals surface area contributed by atoms with Crippen LogP contribution in [-0.2, 0) is 6.42 Å². The Morgan fingerprint density at radius 1 is 1.57 bits per heavy atom. The van der Waals surface area contributed by atoms with Crippen LogP contribution in [0.4, 0.5) is 0 Å². The summed E-state index contributed by atoms with van der Waals surface area (Å²) in [7, 11) is 3.90. The van der Waals surface area contributed by atoms with E-state index in [2.05, 4.69) is 4.98 Å². The Morgan fingerprint density at radius 3 is 2.86 bits per heavy atom. The van der Waals surface area contributed by atoms with Gasteiger partial charge in [-0.3, -0.25) is 4.98 Å². The van der Waals surface area contributed by atoms with Gasteiger partial charge >= 0.3 is 5.97 Å². The third-order valence-electron chi connectivity index (χ3n) is 1.92. The minimum Gasteiger partial charge on any atom is -0.478 e. The summed E-state index contributed by atoms with van der Waals surface area (Å²) in [5.41, 5.74) is 0.947. The van der Waals surface area contributed by atoms with Gasteiger partial charge in [0.25, 0.3) is 0 Å². The number of likely N-dealkylation sites (N-methyl/N-ethyl adjacent to an activating group) is 1. The van der Waals surface area contributed by atoms with Crippen LogP contribution in [0.3, 0.4) is 0 Å². The first-order valence-corrected chi connectivity index (χ1v) is 4.43. The third-order valence-corrected chi connectivity index (χ3v) is 1.92. The van der Waals surface area contributed by atoms with E-state index in [1.54, 1.807) is 18.3 Å². The summed E-state index contributed by atoms with van der Waals surface area (Å²) >= 11 is 0. The van der Waals surface area contributed by atoms with E-state index in [0.717, 1.165) is 6.54 Å². The average Bonchev–Trinajstić information content (AvgIpc) is 2.15. The van der Waals surface area contributed by atoms with E-state index in [1.807, 2.05) is 19.0 Å². The van der Waals surface area contributed by atoms with Gasteiger partial charge in [0.05, 0.1) is 11.3 Å². The Kier molecular flexibility index (Phi) is 3.59. The fraction of sp³-hybridized carbons (Fsp3) is 0.400. The minimum absolute atomic E-state index is 0.300. The van der Waals surface area contributed by atoms with Crippen molar-refractivity contribution in [3.05, 3.63) is 29.6 Å². The van der Waals surface area contributed by atoms with E-state index in [1.165, 1.54) is 0 Å². The molecule has 1 rings (SSSR count). The molecule has 0 fully saturated rings. The minimum atomic E-state index is -0.910. The monoisotopic (exact) mass is 194 g/mol. The highest BCUT2D eigenvalue weighted by molar-refractivity contribution is 5.88. The fourth-order valence-electron chi connectivity index (χ4n) is 1.16. The fourth-order valence-corrected chi connectivity index (χ4v) is 1.16. The maximum Gasteiger partial charge on any atom is 0.337 e. The zero-order valence-corrected chi connectivity index (χ0v) is 8.40. The summed E-state index contributed by atoms with van der Waals surface area (Å²) in [6.45, 7) is 0.803. The van der Waals surface area contributed by atoms with Crippen LogP contribution in [0.25, 0.3) is 0 Å². The van der Waals surface area contributed by atoms with E-state index in [-0.39, 0.29) is 0 Å². The van der Waals surface area contributed by atoms with E-state index < -0.39 is 5.97 Å². The molecule has 0 aromatic carbocycles. The summed E-state index contributed by atoms with van der Waals surface area (Å²) in [6, 6.07) is 3.23. The lowest BCUT2D eigenvalue weighted by Gasteiger charge is -2.09. The van der Waals surface area contributed by atoms with Crippen molar-refractivity contribution < 1.29 is 9.90 Å². The molecule has 0 unspecified atom stereocenters. The van der Waals surface area contributed by atoms with Crippen LogP contribution in [0.15, 0.2) is 18.3 Å². The molecule has 0 aliphatic carbocycles. The molecule has 0 aliphatic rings. The van der Waals surface area contributed by atoms with Crippen LogP contribution >= 0.6 is 0 Å². The van der Waals surface area contributed by atoms with Crippen molar-refractivity contribution in [2.75, 3.05) is 20.6 Å². The van der Waals surface area contributed by atoms with Crippen LogP contribution < -0.4 is 0 Å². The molecular formula is C10H14N2O2. The molecule has 1 N–H and O–H groups in total. The maximum absolute atomic E-state index is 10.8. The lowest BCUT2D eigenvalue weighted by molar-refractivity contribution is 0.0695. The van der Waals surface area contributed by atoms with Crippen molar-refractivity contribution in [2.24, 2.45) is 0 Å². The summed E-state index contributed by atoms with van der Waals surface area (Å²) in [6.07, 6.45) is 2.28. The Bertz CT molecular complexity index is 324. The number of aromatic nitrogens is 1. The smallest absolute Gasteiger partial charge is 0.337 e. The second kappa shape index (κ2) is 4.72. The molecule has 1 aromatic rings. The topological polar surface area (TPSA) is 53.4 Å². The van der Waals surface area contributed by atoms with Crippen LogP contribution in [0.5, 0.6) is 0 Å². The largest absolute Gasteiger partial charge is 0.478 e. The molecule has 0 atom stereocenters. The molecule has 0 bridgehead atoms. The molecule has 0 amide bonds. The molecule has 4 heteroatoms. The van der Waals surface area contributed by atoms with Gasteiger partial charge in [0.1, 0.15) is 0 Å². The molecule has 4 nitrogen and oxygen atoms in total. The van der Waals surface area contributed by atoms with E-state index in [4.69, 9.17) is 5.11 Å². The van der Waals surface area contributed by atoms with Gasteiger partial charge in [-0.2, -0.15) is 0 Å². The van der Waals surface area contributed by atoms with E-state index >= 15 is 0 Å². The number of nitrogens with zero attached hydrogens (tertiary/aromatic N) is 2. The van der Waals surface area contributed by atoms with Gasteiger partial charge < -0.3 is 10.0 Å². The summed E-state index contributed by atoms with van der Waals surface area (Å²) < 4.78 is 0. The average molecular weight is 194 g/mol. The lowest BCUT2D eigenvalue weighted by Crippen LogP contribution is -2.17. The lowest BCUT2D eigenvalue weighted by atomic mass is 10.1. The first-order valence-electron chi connectivity index (χ1n) is 4.43. The van der Waals surface area contributed by atoms with Crippen molar-refractivity contribution >= 4 is 5.97 Å². The Morgan fingerprint density at radius 2 is 2.29 bits per heavy atom. The number of hydrogen-bond donors (Lipinski definition) is 1. The predicted molar refractivity (Wildman–Crippen MR) is 53.5 cm³/mol. The molecule has 1 heterocycles. The zero-order valence-electron chi connectivity index (χ0n) is 8.40. The first-order chi connectivity index (χ1) is 6.61. The zero-order chi connectivity index (χ0) is 10.6. The third kappa shape index (κ3) is 2.81. The number of rotatable bonds is 4. The first kappa shape index (κ1) is 10.7. The van der Waals surface area contributed by atoms with Gasteiger partial charge in [-0.15, -0.1) is 0 Å². The number of carboxylic acids is 1. The van der Waals surface area contributed by atoms with Gasteiger partial charge in [-0.05, 0) is 26.2 Å². The van der Waals surface area contributed by atoms with Crippen molar-refractivity contribution in [3.8, 4) is 0 Å². The summed E-state index contributed by atoms with van der Waals surface area (Å²) in [5, 5.41) is 8.88. The molecule has 76 valence electrons. The van der Waals surface area contributed by atoms with Crippen molar-refractivity contribution in [1.82, 2.24) is 9.88 Å². The number of pyridine rings is 1. The van der Waals surface area contributed by atoms with Crippen LogP contribution in [0.2, 0.25) is 0 Å². The standard InChI is InChI=1S/C10H14N2O2/c1-12(2)7-5-9-8(10(13)14)4-3-6-11-9/h3-4,6H,5,7H2,1-2H3,(H,13,14). The number of hydrogen-bond acceptors (Lipinski definition) is 3. The second-order valence-corrected chi connectivity index (χ2v) is 3.36. The Hall–Kier alpha value is -1.42. The second-order valence-electron chi connectivity index (χ2n) is 3.36. The van der Waals surface area contributed by atoms with Gasteiger partial charge in [0.2, 0.25) is 0 Å².